The Labute approximate surface area is 336 Å². The monoisotopic (exact) mass is 831 g/mol. The van der Waals surface area contributed by atoms with E-state index < -0.39 is 140 Å². The van der Waals surface area contributed by atoms with E-state index >= 15 is 0 Å². The molecule has 23 nitrogen and oxygen atoms in total. The van der Waals surface area contributed by atoms with E-state index in [4.69, 9.17) is 5.73 Å². The topological polar surface area (TPSA) is 374 Å². The third-order valence-corrected chi connectivity index (χ3v) is 8.16. The highest BCUT2D eigenvalue weighted by atomic mass is 16.4. The van der Waals surface area contributed by atoms with E-state index in [1.54, 1.807) is 41.5 Å². The SMILES string of the molecule is CC(=O)N[C@@H](CC(C)C)C(=O)N[C@@H](CC(=O)O)C(=O)N[C@H](C(=O)N[C@@H](CO)C(=O)N[C@@H](CC(C)C)C(=O)NCC(=O)N[C@@H](CO)C(=O)N[C@H](C(N)=O)C(C)C)[C@@H](C)O. The van der Waals surface area contributed by atoms with E-state index in [0.717, 1.165) is 13.8 Å². The van der Waals surface area contributed by atoms with Crippen molar-refractivity contribution in [1.82, 2.24) is 42.5 Å². The predicted octanol–water partition coefficient (Wildman–Crippen LogP) is -5.41. The van der Waals surface area contributed by atoms with Crippen LogP contribution in [0.1, 0.15) is 74.7 Å². The molecule has 0 aliphatic heterocycles. The molecule has 0 spiro atoms. The van der Waals surface area contributed by atoms with Crippen LogP contribution < -0.4 is 48.3 Å². The summed E-state index contributed by atoms with van der Waals surface area (Å²) in [5.74, 6) is -10.8. The molecule has 0 heterocycles. The largest absolute Gasteiger partial charge is 0.481 e. The lowest BCUT2D eigenvalue weighted by atomic mass is 10.0. The minimum atomic E-state index is -1.87. The number of carbonyl (C=O) groups is 10. The van der Waals surface area contributed by atoms with Gasteiger partial charge in [-0.3, -0.25) is 47.9 Å². The first kappa shape index (κ1) is 52.6. The number of nitrogens with one attached hydrogen (secondary N) is 8. The normalized spacial score (nSPS) is 15.3. The average molecular weight is 832 g/mol. The second kappa shape index (κ2) is 25.8. The lowest BCUT2D eigenvalue weighted by Gasteiger charge is -2.27. The zero-order valence-electron chi connectivity index (χ0n) is 34.0. The van der Waals surface area contributed by atoms with E-state index in [1.807, 2.05) is 0 Å². The molecule has 14 N–H and O–H groups in total. The Balaban J connectivity index is 5.83. The van der Waals surface area contributed by atoms with Crippen LogP contribution in [-0.2, 0) is 47.9 Å². The van der Waals surface area contributed by atoms with Crippen LogP contribution in [0, 0.1) is 17.8 Å². The number of aliphatic hydroxyl groups is 3. The number of hydrogen-bond donors (Lipinski definition) is 13. The van der Waals surface area contributed by atoms with Crippen LogP contribution >= 0.6 is 0 Å². The van der Waals surface area contributed by atoms with Crippen molar-refractivity contribution < 1.29 is 68.4 Å². The zero-order valence-corrected chi connectivity index (χ0v) is 34.0. The van der Waals surface area contributed by atoms with Crippen LogP contribution in [0.15, 0.2) is 0 Å². The summed E-state index contributed by atoms with van der Waals surface area (Å²) >= 11 is 0. The number of hydrogen-bond acceptors (Lipinski definition) is 13. The van der Waals surface area contributed by atoms with Crippen LogP contribution in [0.3, 0.4) is 0 Å². The number of aliphatic carboxylic acids is 1. The molecule has 0 radical (unpaired) electrons. The first-order chi connectivity index (χ1) is 26.8. The van der Waals surface area contributed by atoms with Gasteiger partial charge in [0.25, 0.3) is 0 Å². The highest BCUT2D eigenvalue weighted by Crippen LogP contribution is 2.08. The van der Waals surface area contributed by atoms with E-state index in [2.05, 4.69) is 42.5 Å². The molecule has 0 aliphatic rings. The lowest BCUT2D eigenvalue weighted by Crippen LogP contribution is -2.62. The van der Waals surface area contributed by atoms with Crippen LogP contribution in [-0.4, -0.2) is 148 Å². The number of rotatable bonds is 26. The maximum absolute atomic E-state index is 13.3. The minimum Gasteiger partial charge on any atom is -0.481 e. The zero-order chi connectivity index (χ0) is 45.0. The third kappa shape index (κ3) is 19.6. The van der Waals surface area contributed by atoms with Gasteiger partial charge in [0.1, 0.15) is 42.3 Å². The molecule has 330 valence electrons. The summed E-state index contributed by atoms with van der Waals surface area (Å²) in [5, 5.41) is 57.5. The molecule has 58 heavy (non-hydrogen) atoms. The molecule has 0 aromatic rings. The summed E-state index contributed by atoms with van der Waals surface area (Å²) in [4.78, 5) is 126. The van der Waals surface area contributed by atoms with E-state index in [-0.39, 0.29) is 24.7 Å². The number of aliphatic hydroxyl groups excluding tert-OH is 3. The van der Waals surface area contributed by atoms with Gasteiger partial charge in [-0.2, -0.15) is 0 Å². The average Bonchev–Trinajstić information content (AvgIpc) is 3.10. The Kier molecular flexibility index (Phi) is 23.3. The van der Waals surface area contributed by atoms with Gasteiger partial charge in [-0.25, -0.2) is 0 Å². The summed E-state index contributed by atoms with van der Waals surface area (Å²) < 4.78 is 0. The quantitative estimate of drug-likeness (QED) is 0.0387. The number of carboxylic acid groups (broad SMARTS) is 1. The van der Waals surface area contributed by atoms with Crippen LogP contribution in [0.5, 0.6) is 0 Å². The highest BCUT2D eigenvalue weighted by molar-refractivity contribution is 5.98. The van der Waals surface area contributed by atoms with Crippen molar-refractivity contribution in [3.05, 3.63) is 0 Å². The number of amides is 9. The van der Waals surface area contributed by atoms with Crippen molar-refractivity contribution in [3.8, 4) is 0 Å². The standard InChI is InChI=1S/C35H61N9O14/c1-15(2)9-20(30(53)37-12-25(49)39-23(13-45)34(57)43-27(17(5)6)29(36)52)40-33(56)24(14-46)42-35(58)28(18(7)47)44-32(55)22(11-26(50)51)41-31(54)21(10-16(3)4)38-19(8)48/h15-18,20-24,27-28,45-47H,9-14H2,1-8H3,(H2,36,52)(H,37,53)(H,38,48)(H,39,49)(H,40,56)(H,41,54)(H,42,58)(H,43,57)(H,44,55)(H,50,51)/t18-,20+,21+,22+,23+,24+,27+,28+/m1/s1. The maximum Gasteiger partial charge on any atom is 0.305 e. The van der Waals surface area contributed by atoms with Crippen LogP contribution in [0.4, 0.5) is 0 Å². The van der Waals surface area contributed by atoms with Crippen molar-refractivity contribution in [2.45, 2.75) is 123 Å². The van der Waals surface area contributed by atoms with Crippen molar-refractivity contribution in [2.24, 2.45) is 23.5 Å². The predicted molar refractivity (Wildman–Crippen MR) is 203 cm³/mol. The van der Waals surface area contributed by atoms with Gasteiger partial charge in [0, 0.05) is 6.92 Å². The number of primary amides is 1. The Morgan fingerprint density at radius 3 is 1.38 bits per heavy atom. The van der Waals surface area contributed by atoms with E-state index in [1.165, 1.54) is 0 Å². The van der Waals surface area contributed by atoms with Gasteiger partial charge in [0.05, 0.1) is 32.3 Å². The molecular formula is C35H61N9O14. The second-order valence-electron chi connectivity index (χ2n) is 14.9. The Hall–Kier alpha value is -5.42. The fourth-order valence-corrected chi connectivity index (χ4v) is 5.24. The van der Waals surface area contributed by atoms with Crippen LogP contribution in [0.2, 0.25) is 0 Å². The maximum atomic E-state index is 13.3. The molecule has 0 aliphatic carbocycles. The van der Waals surface area contributed by atoms with Gasteiger partial charge in [0.2, 0.25) is 53.2 Å². The fraction of sp³-hybridized carbons (Fsp3) is 0.714. The molecule has 9 amide bonds. The number of carbonyl (C=O) groups excluding carboxylic acids is 9. The Morgan fingerprint density at radius 2 is 0.948 bits per heavy atom. The third-order valence-electron chi connectivity index (χ3n) is 8.16. The summed E-state index contributed by atoms with van der Waals surface area (Å²) in [5.41, 5.74) is 5.29. The molecule has 0 saturated heterocycles. The summed E-state index contributed by atoms with van der Waals surface area (Å²) in [6.07, 6.45) is -2.52. The van der Waals surface area contributed by atoms with Gasteiger partial charge in [-0.1, -0.05) is 41.5 Å². The molecular weight excluding hydrogens is 770 g/mol. The molecule has 0 rings (SSSR count). The minimum absolute atomic E-state index is 0.0142. The van der Waals surface area contributed by atoms with E-state index in [9.17, 15) is 68.4 Å². The van der Waals surface area contributed by atoms with Crippen molar-refractivity contribution in [3.63, 3.8) is 0 Å². The van der Waals surface area contributed by atoms with Crippen molar-refractivity contribution in [2.75, 3.05) is 19.8 Å². The number of carboxylic acids is 1. The van der Waals surface area contributed by atoms with Crippen molar-refractivity contribution in [1.29, 1.82) is 0 Å². The molecule has 0 aromatic heterocycles. The molecule has 0 aromatic carbocycles. The van der Waals surface area contributed by atoms with Gasteiger partial charge < -0.3 is 68.7 Å². The lowest BCUT2D eigenvalue weighted by molar-refractivity contribution is -0.142. The van der Waals surface area contributed by atoms with Gasteiger partial charge >= 0.3 is 5.97 Å². The Bertz CT molecular complexity index is 1470. The summed E-state index contributed by atoms with van der Waals surface area (Å²) in [6, 6.07) is -10.5. The van der Waals surface area contributed by atoms with E-state index in [0.29, 0.717) is 0 Å². The number of nitrogens with two attached hydrogens (primary N) is 1. The van der Waals surface area contributed by atoms with Crippen LogP contribution in [0.25, 0.3) is 0 Å². The molecule has 23 heteroatoms. The summed E-state index contributed by atoms with van der Waals surface area (Å²) in [7, 11) is 0. The first-order valence-corrected chi connectivity index (χ1v) is 18.6. The summed E-state index contributed by atoms with van der Waals surface area (Å²) in [6.45, 7) is 9.73. The first-order valence-electron chi connectivity index (χ1n) is 18.6. The smallest absolute Gasteiger partial charge is 0.305 e. The molecule has 0 bridgehead atoms. The van der Waals surface area contributed by atoms with Gasteiger partial charge in [-0.05, 0) is 37.5 Å². The molecule has 0 fully saturated rings. The molecule has 0 unspecified atom stereocenters. The molecule has 0 saturated carbocycles. The second-order valence-corrected chi connectivity index (χ2v) is 14.9. The molecule has 8 atom stereocenters. The Morgan fingerprint density at radius 1 is 0.534 bits per heavy atom. The van der Waals surface area contributed by atoms with Crippen molar-refractivity contribution >= 4 is 59.1 Å². The fourth-order valence-electron chi connectivity index (χ4n) is 5.24. The van der Waals surface area contributed by atoms with Gasteiger partial charge in [0.15, 0.2) is 0 Å². The highest BCUT2D eigenvalue weighted by Gasteiger charge is 2.35. The van der Waals surface area contributed by atoms with Gasteiger partial charge in [-0.15, -0.1) is 0 Å².